The highest BCUT2D eigenvalue weighted by Crippen LogP contribution is 2.47. The van der Waals surface area contributed by atoms with E-state index < -0.39 is 35.5 Å². The van der Waals surface area contributed by atoms with Crippen LogP contribution in [0.4, 0.5) is 0 Å². The fourth-order valence-corrected chi connectivity index (χ4v) is 3.98. The zero-order valence-electron chi connectivity index (χ0n) is 16.5. The average Bonchev–Trinajstić information content (AvgIpc) is 3.01. The monoisotopic (exact) mass is 388 g/mol. The summed E-state index contributed by atoms with van der Waals surface area (Å²) in [7, 11) is 0. The quantitative estimate of drug-likeness (QED) is 0.512. The lowest BCUT2D eigenvalue weighted by Crippen LogP contribution is -2.62. The van der Waals surface area contributed by atoms with Crippen LogP contribution in [0.2, 0.25) is 0 Å². The summed E-state index contributed by atoms with van der Waals surface area (Å²) in [5.41, 5.74) is 5.52. The molecule has 0 spiro atoms. The van der Waals surface area contributed by atoms with Crippen LogP contribution < -0.4 is 11.1 Å². The summed E-state index contributed by atoms with van der Waals surface area (Å²) in [6, 6.07) is -0.804. The average molecular weight is 388 g/mol. The van der Waals surface area contributed by atoms with E-state index in [0.717, 1.165) is 12.8 Å². The Hall–Kier alpha value is -0.810. The molecule has 3 aliphatic rings. The van der Waals surface area contributed by atoms with Gasteiger partial charge < -0.3 is 39.8 Å². The normalized spacial score (nSPS) is 37.6. The lowest BCUT2D eigenvalue weighted by molar-refractivity contribution is -0.277. The van der Waals surface area contributed by atoms with E-state index >= 15 is 0 Å². The van der Waals surface area contributed by atoms with E-state index in [1.165, 1.54) is 0 Å². The van der Waals surface area contributed by atoms with Crippen molar-refractivity contribution in [2.24, 2.45) is 5.73 Å². The van der Waals surface area contributed by atoms with Gasteiger partial charge in [0.2, 0.25) is 5.79 Å². The van der Waals surface area contributed by atoms with Crippen LogP contribution in [-0.2, 0) is 28.5 Å². The van der Waals surface area contributed by atoms with E-state index in [2.05, 4.69) is 5.32 Å². The van der Waals surface area contributed by atoms with Crippen molar-refractivity contribution in [3.63, 3.8) is 0 Å². The van der Waals surface area contributed by atoms with Gasteiger partial charge in [0.15, 0.2) is 11.6 Å². The molecule has 3 saturated heterocycles. The van der Waals surface area contributed by atoms with Gasteiger partial charge in [-0.05, 0) is 47.1 Å². The summed E-state index contributed by atoms with van der Waals surface area (Å²) in [5, 5.41) is 12.2. The minimum absolute atomic E-state index is 0.187. The van der Waals surface area contributed by atoms with Crippen LogP contribution in [0.15, 0.2) is 0 Å². The standard InChI is InChI=1S/C18H32N2O7/c1-16(2)24-12-9-23-18(10-20-8-6-5-7-11(19)15(21)22)14(13(12)25-16)26-17(3,4)27-18/h11-14,20H,5-10,19H2,1-4H3,(H,21,22)/t11-,12+,13+,14-,18-/m0/s1. The molecule has 3 aliphatic heterocycles. The second-order valence-corrected chi connectivity index (χ2v) is 8.42. The van der Waals surface area contributed by atoms with Crippen LogP contribution >= 0.6 is 0 Å². The SMILES string of the molecule is CC1(C)O[C@@H]2[C@@H](CO[C@@]3(CNCCCC[C@H](N)C(=O)O)OC(C)(C)O[C@@H]23)O1. The fourth-order valence-electron chi connectivity index (χ4n) is 3.98. The Morgan fingerprint density at radius 2 is 1.93 bits per heavy atom. The zero-order valence-corrected chi connectivity index (χ0v) is 16.5. The minimum Gasteiger partial charge on any atom is -0.480 e. The molecule has 4 N–H and O–H groups in total. The predicted octanol–water partition coefficient (Wildman–Crippen LogP) is 0.556. The number of nitrogens with one attached hydrogen (secondary N) is 1. The van der Waals surface area contributed by atoms with Crippen molar-refractivity contribution in [2.45, 2.75) is 88.7 Å². The van der Waals surface area contributed by atoms with Crippen LogP contribution in [-0.4, -0.2) is 72.5 Å². The van der Waals surface area contributed by atoms with Gasteiger partial charge in [0, 0.05) is 0 Å². The maximum Gasteiger partial charge on any atom is 0.320 e. The number of ether oxygens (including phenoxy) is 5. The molecule has 0 unspecified atom stereocenters. The number of fused-ring (bicyclic) bond motifs is 3. The summed E-state index contributed by atoms with van der Waals surface area (Å²) in [6.07, 6.45) is 1.15. The number of hydrogen-bond acceptors (Lipinski definition) is 8. The van der Waals surface area contributed by atoms with Gasteiger partial charge in [-0.3, -0.25) is 4.79 Å². The van der Waals surface area contributed by atoms with Crippen molar-refractivity contribution in [3.05, 3.63) is 0 Å². The molecule has 0 aromatic heterocycles. The maximum absolute atomic E-state index is 10.7. The summed E-state index contributed by atoms with van der Waals surface area (Å²) in [6.45, 7) is 9.00. The van der Waals surface area contributed by atoms with Crippen molar-refractivity contribution in [2.75, 3.05) is 19.7 Å². The highest BCUT2D eigenvalue weighted by atomic mass is 16.9. The van der Waals surface area contributed by atoms with Gasteiger partial charge in [0.1, 0.15) is 24.4 Å². The number of carboxylic acid groups (broad SMARTS) is 1. The Bertz CT molecular complexity index is 556. The van der Waals surface area contributed by atoms with Crippen LogP contribution in [0.3, 0.4) is 0 Å². The Morgan fingerprint density at radius 1 is 1.19 bits per heavy atom. The smallest absolute Gasteiger partial charge is 0.320 e. The third-order valence-corrected chi connectivity index (χ3v) is 5.08. The molecule has 0 radical (unpaired) electrons. The third-order valence-electron chi connectivity index (χ3n) is 5.08. The molecule has 0 saturated carbocycles. The van der Waals surface area contributed by atoms with Gasteiger partial charge in [-0.15, -0.1) is 0 Å². The van der Waals surface area contributed by atoms with Crippen LogP contribution in [0.5, 0.6) is 0 Å². The molecule has 156 valence electrons. The first-order valence-corrected chi connectivity index (χ1v) is 9.60. The minimum atomic E-state index is -0.963. The number of rotatable bonds is 8. The van der Waals surface area contributed by atoms with Crippen molar-refractivity contribution < 1.29 is 33.6 Å². The van der Waals surface area contributed by atoms with Crippen molar-refractivity contribution in [3.8, 4) is 0 Å². The lowest BCUT2D eigenvalue weighted by Gasteiger charge is -2.40. The van der Waals surface area contributed by atoms with E-state index in [9.17, 15) is 4.79 Å². The van der Waals surface area contributed by atoms with Crippen molar-refractivity contribution >= 4 is 5.97 Å². The molecule has 9 heteroatoms. The highest BCUT2D eigenvalue weighted by molar-refractivity contribution is 5.72. The lowest BCUT2D eigenvalue weighted by atomic mass is 9.97. The van der Waals surface area contributed by atoms with E-state index in [1.807, 2.05) is 27.7 Å². The molecule has 5 atom stereocenters. The Kier molecular flexibility index (Phi) is 5.85. The van der Waals surface area contributed by atoms with Gasteiger partial charge in [-0.1, -0.05) is 6.42 Å². The maximum atomic E-state index is 10.7. The first-order chi connectivity index (χ1) is 12.5. The van der Waals surface area contributed by atoms with Crippen LogP contribution in [0.25, 0.3) is 0 Å². The predicted molar refractivity (Wildman–Crippen MR) is 94.9 cm³/mol. The Balaban J connectivity index is 1.54. The molecular weight excluding hydrogens is 356 g/mol. The summed E-state index contributed by atoms with van der Waals surface area (Å²) < 4.78 is 30.4. The zero-order chi connectivity index (χ0) is 19.9. The summed E-state index contributed by atoms with van der Waals surface area (Å²) >= 11 is 0. The topological polar surface area (TPSA) is 122 Å². The highest BCUT2D eigenvalue weighted by Gasteiger charge is 2.65. The fraction of sp³-hybridized carbons (Fsp3) is 0.944. The molecule has 3 fully saturated rings. The first kappa shape index (κ1) is 20.9. The number of carboxylic acids is 1. The molecule has 3 rings (SSSR count). The number of hydrogen-bond donors (Lipinski definition) is 3. The van der Waals surface area contributed by atoms with Gasteiger partial charge in [0.25, 0.3) is 0 Å². The number of unbranched alkanes of at least 4 members (excludes halogenated alkanes) is 1. The van der Waals surface area contributed by atoms with E-state index in [-0.39, 0.29) is 12.2 Å². The Labute approximate surface area is 159 Å². The van der Waals surface area contributed by atoms with Crippen LogP contribution in [0, 0.1) is 0 Å². The largest absolute Gasteiger partial charge is 0.480 e. The van der Waals surface area contributed by atoms with Gasteiger partial charge >= 0.3 is 5.97 Å². The third kappa shape index (κ3) is 4.61. The number of carbonyl (C=O) groups is 1. The molecule has 9 nitrogen and oxygen atoms in total. The summed E-state index contributed by atoms with van der Waals surface area (Å²) in [4.78, 5) is 10.7. The van der Waals surface area contributed by atoms with Gasteiger partial charge in [-0.25, -0.2) is 0 Å². The van der Waals surface area contributed by atoms with Gasteiger partial charge in [-0.2, -0.15) is 0 Å². The first-order valence-electron chi connectivity index (χ1n) is 9.60. The molecule has 0 aromatic rings. The second kappa shape index (κ2) is 7.55. The molecule has 0 bridgehead atoms. The van der Waals surface area contributed by atoms with E-state index in [1.54, 1.807) is 0 Å². The molecular formula is C18H32N2O7. The van der Waals surface area contributed by atoms with E-state index in [0.29, 0.717) is 26.1 Å². The van der Waals surface area contributed by atoms with Gasteiger partial charge in [0.05, 0.1) is 13.2 Å². The molecule has 0 aliphatic carbocycles. The molecule has 0 aromatic carbocycles. The summed E-state index contributed by atoms with van der Waals surface area (Å²) in [5.74, 6) is -3.37. The van der Waals surface area contributed by atoms with E-state index in [4.69, 9.17) is 34.5 Å². The molecule has 27 heavy (non-hydrogen) atoms. The number of aliphatic carboxylic acids is 1. The molecule has 0 amide bonds. The number of nitrogens with two attached hydrogens (primary N) is 1. The Morgan fingerprint density at radius 3 is 2.63 bits per heavy atom. The second-order valence-electron chi connectivity index (χ2n) is 8.42. The van der Waals surface area contributed by atoms with Crippen molar-refractivity contribution in [1.29, 1.82) is 0 Å². The van der Waals surface area contributed by atoms with Crippen molar-refractivity contribution in [1.82, 2.24) is 5.32 Å². The van der Waals surface area contributed by atoms with Crippen LogP contribution in [0.1, 0.15) is 47.0 Å². The molecule has 3 heterocycles.